The van der Waals surface area contributed by atoms with Crippen LogP contribution >= 0.6 is 15.9 Å². The Kier molecular flexibility index (Phi) is 3.25. The number of carbonyl (C=O) groups is 1. The fourth-order valence-corrected chi connectivity index (χ4v) is 2.46. The van der Waals surface area contributed by atoms with Gasteiger partial charge in [-0.25, -0.2) is 0 Å². The summed E-state index contributed by atoms with van der Waals surface area (Å²) >= 11 is 3.51. The van der Waals surface area contributed by atoms with Gasteiger partial charge < -0.3 is 5.11 Å². The van der Waals surface area contributed by atoms with E-state index in [-0.39, 0.29) is 6.42 Å². The summed E-state index contributed by atoms with van der Waals surface area (Å²) in [6, 6.07) is 12.0. The molecule has 0 saturated carbocycles. The van der Waals surface area contributed by atoms with Gasteiger partial charge in [-0.15, -0.1) is 0 Å². The molecule has 3 heteroatoms. The third kappa shape index (κ3) is 2.25. The summed E-state index contributed by atoms with van der Waals surface area (Å²) in [5.41, 5.74) is 1.08. The first-order valence-electron chi connectivity index (χ1n) is 5.06. The summed E-state index contributed by atoms with van der Waals surface area (Å²) in [7, 11) is 0. The molecular weight excluding hydrogens is 268 g/mol. The van der Waals surface area contributed by atoms with Crippen LogP contribution in [0.15, 0.2) is 40.9 Å². The lowest BCUT2D eigenvalue weighted by Gasteiger charge is -2.07. The maximum Gasteiger partial charge on any atom is 0.303 e. The number of carboxylic acid groups (broad SMARTS) is 1. The van der Waals surface area contributed by atoms with Crippen LogP contribution < -0.4 is 0 Å². The molecule has 2 nitrogen and oxygen atoms in total. The van der Waals surface area contributed by atoms with Crippen molar-refractivity contribution in [1.29, 1.82) is 0 Å². The number of hydrogen-bond donors (Lipinski definition) is 1. The lowest BCUT2D eigenvalue weighted by molar-refractivity contribution is -0.136. The first-order valence-corrected chi connectivity index (χ1v) is 5.85. The average Bonchev–Trinajstić information content (AvgIpc) is 2.26. The van der Waals surface area contributed by atoms with E-state index in [0.29, 0.717) is 6.42 Å². The average molecular weight is 279 g/mol. The molecular formula is C13H11BrO2. The topological polar surface area (TPSA) is 37.3 Å². The van der Waals surface area contributed by atoms with Crippen molar-refractivity contribution in [3.8, 4) is 0 Å². The number of benzene rings is 2. The Labute approximate surface area is 102 Å². The highest BCUT2D eigenvalue weighted by atomic mass is 79.9. The zero-order valence-electron chi connectivity index (χ0n) is 8.61. The minimum Gasteiger partial charge on any atom is -0.481 e. The predicted molar refractivity (Wildman–Crippen MR) is 67.6 cm³/mol. The minimum absolute atomic E-state index is 0.167. The van der Waals surface area contributed by atoms with Crippen molar-refractivity contribution in [2.75, 3.05) is 0 Å². The van der Waals surface area contributed by atoms with Gasteiger partial charge in [0.1, 0.15) is 0 Å². The van der Waals surface area contributed by atoms with E-state index < -0.39 is 5.97 Å². The molecule has 16 heavy (non-hydrogen) atoms. The SMILES string of the molecule is O=C(O)CCc1cccc2cccc(Br)c12. The van der Waals surface area contributed by atoms with Gasteiger partial charge in [-0.2, -0.15) is 0 Å². The Balaban J connectivity index is 2.48. The van der Waals surface area contributed by atoms with Crippen LogP contribution in [-0.4, -0.2) is 11.1 Å². The lowest BCUT2D eigenvalue weighted by Crippen LogP contribution is -1.98. The zero-order chi connectivity index (χ0) is 11.5. The maximum absolute atomic E-state index is 10.6. The Hall–Kier alpha value is -1.35. The van der Waals surface area contributed by atoms with Gasteiger partial charge in [-0.3, -0.25) is 4.79 Å². The molecule has 0 heterocycles. The van der Waals surface area contributed by atoms with Gasteiger partial charge in [0.15, 0.2) is 0 Å². The molecule has 0 bridgehead atoms. The van der Waals surface area contributed by atoms with Crippen molar-refractivity contribution in [2.24, 2.45) is 0 Å². The van der Waals surface area contributed by atoms with Crippen LogP contribution in [0.3, 0.4) is 0 Å². The monoisotopic (exact) mass is 278 g/mol. The molecule has 82 valence electrons. The number of aryl methyl sites for hydroxylation is 1. The highest BCUT2D eigenvalue weighted by Gasteiger charge is 2.06. The normalized spacial score (nSPS) is 10.6. The largest absolute Gasteiger partial charge is 0.481 e. The number of halogens is 1. The van der Waals surface area contributed by atoms with Crippen LogP contribution in [0.5, 0.6) is 0 Å². The Morgan fingerprint density at radius 1 is 1.19 bits per heavy atom. The Morgan fingerprint density at radius 2 is 1.88 bits per heavy atom. The molecule has 0 aliphatic rings. The van der Waals surface area contributed by atoms with Gasteiger partial charge in [0.05, 0.1) is 0 Å². The van der Waals surface area contributed by atoms with E-state index in [2.05, 4.69) is 15.9 Å². The molecule has 0 spiro atoms. The second-order valence-electron chi connectivity index (χ2n) is 3.65. The Bertz CT molecular complexity index is 529. The van der Waals surface area contributed by atoms with Crippen LogP contribution in [0.25, 0.3) is 10.8 Å². The van der Waals surface area contributed by atoms with Gasteiger partial charge in [0.25, 0.3) is 0 Å². The molecule has 0 saturated heterocycles. The van der Waals surface area contributed by atoms with Crippen molar-refractivity contribution in [3.63, 3.8) is 0 Å². The molecule has 0 atom stereocenters. The summed E-state index contributed by atoms with van der Waals surface area (Å²) in [5, 5.41) is 11.0. The maximum atomic E-state index is 10.6. The van der Waals surface area contributed by atoms with Crippen molar-refractivity contribution in [3.05, 3.63) is 46.4 Å². The smallest absolute Gasteiger partial charge is 0.303 e. The fourth-order valence-electron chi connectivity index (χ4n) is 1.82. The summed E-state index contributed by atoms with van der Waals surface area (Å²) < 4.78 is 1.02. The summed E-state index contributed by atoms with van der Waals surface area (Å²) in [6.07, 6.45) is 0.732. The van der Waals surface area contributed by atoms with E-state index >= 15 is 0 Å². The number of fused-ring (bicyclic) bond motifs is 1. The second kappa shape index (κ2) is 4.66. The van der Waals surface area contributed by atoms with Crippen molar-refractivity contribution in [2.45, 2.75) is 12.8 Å². The molecule has 0 aliphatic carbocycles. The van der Waals surface area contributed by atoms with E-state index in [4.69, 9.17) is 5.11 Å². The van der Waals surface area contributed by atoms with Gasteiger partial charge in [0, 0.05) is 10.9 Å². The quantitative estimate of drug-likeness (QED) is 0.931. The third-order valence-electron chi connectivity index (χ3n) is 2.55. The standard InChI is InChI=1S/C13H11BrO2/c14-11-6-2-5-9-3-1-4-10(13(9)11)7-8-12(15)16/h1-6H,7-8H2,(H,15,16). The molecule has 2 aromatic carbocycles. The number of carboxylic acids is 1. The minimum atomic E-state index is -0.760. The van der Waals surface area contributed by atoms with Crippen LogP contribution in [0.1, 0.15) is 12.0 Å². The number of hydrogen-bond acceptors (Lipinski definition) is 1. The van der Waals surface area contributed by atoms with Gasteiger partial charge >= 0.3 is 5.97 Å². The van der Waals surface area contributed by atoms with E-state index in [0.717, 1.165) is 20.8 Å². The summed E-state index contributed by atoms with van der Waals surface area (Å²) in [5.74, 6) is -0.760. The van der Waals surface area contributed by atoms with Crippen molar-refractivity contribution >= 4 is 32.7 Å². The van der Waals surface area contributed by atoms with Crippen molar-refractivity contribution in [1.82, 2.24) is 0 Å². The van der Waals surface area contributed by atoms with Crippen molar-refractivity contribution < 1.29 is 9.90 Å². The molecule has 2 rings (SSSR count). The summed E-state index contributed by atoms with van der Waals surface area (Å²) in [4.78, 5) is 10.6. The number of rotatable bonds is 3. The first-order chi connectivity index (χ1) is 7.68. The van der Waals surface area contributed by atoms with Crippen LogP contribution in [0.4, 0.5) is 0 Å². The predicted octanol–water partition coefficient (Wildman–Crippen LogP) is 3.62. The van der Waals surface area contributed by atoms with E-state index in [1.54, 1.807) is 0 Å². The highest BCUT2D eigenvalue weighted by molar-refractivity contribution is 9.10. The molecule has 0 aromatic heterocycles. The molecule has 1 N–H and O–H groups in total. The Morgan fingerprint density at radius 3 is 2.56 bits per heavy atom. The molecule has 0 unspecified atom stereocenters. The van der Waals surface area contributed by atoms with Crippen LogP contribution in [0, 0.1) is 0 Å². The third-order valence-corrected chi connectivity index (χ3v) is 3.21. The van der Waals surface area contributed by atoms with Gasteiger partial charge in [-0.05, 0) is 28.8 Å². The van der Waals surface area contributed by atoms with Gasteiger partial charge in [-0.1, -0.05) is 46.3 Å². The molecule has 0 amide bonds. The highest BCUT2D eigenvalue weighted by Crippen LogP contribution is 2.27. The fraction of sp³-hybridized carbons (Fsp3) is 0.154. The zero-order valence-corrected chi connectivity index (χ0v) is 10.2. The molecule has 0 aliphatic heterocycles. The first kappa shape index (κ1) is 11.1. The molecule has 0 radical (unpaired) electrons. The van der Waals surface area contributed by atoms with E-state index in [1.807, 2.05) is 36.4 Å². The van der Waals surface area contributed by atoms with Crippen LogP contribution in [-0.2, 0) is 11.2 Å². The van der Waals surface area contributed by atoms with E-state index in [1.165, 1.54) is 0 Å². The van der Waals surface area contributed by atoms with Crippen LogP contribution in [0.2, 0.25) is 0 Å². The van der Waals surface area contributed by atoms with Gasteiger partial charge in [0.2, 0.25) is 0 Å². The molecule has 0 fully saturated rings. The lowest BCUT2D eigenvalue weighted by atomic mass is 10.0. The van der Waals surface area contributed by atoms with E-state index in [9.17, 15) is 4.79 Å². The second-order valence-corrected chi connectivity index (χ2v) is 4.50. The molecule has 2 aromatic rings. The summed E-state index contributed by atoms with van der Waals surface area (Å²) in [6.45, 7) is 0. The number of aliphatic carboxylic acids is 1.